The largest absolute Gasteiger partial charge is 0.352 e. The Morgan fingerprint density at radius 3 is 2.57 bits per heavy atom. The monoisotopic (exact) mass is 352 g/mol. The molecule has 0 bridgehead atoms. The highest BCUT2D eigenvalue weighted by Gasteiger charge is 2.17. The van der Waals surface area contributed by atoms with Crippen LogP contribution in [0.2, 0.25) is 5.02 Å². The van der Waals surface area contributed by atoms with Crippen molar-refractivity contribution in [1.82, 2.24) is 5.32 Å². The standard InChI is InChI=1S/C12H17ClN2O4S2/c1-8-10(12(16)15-4-3-5-20(2)17)6-9(7-11(8)13)21(14,18)19/h6-7H,3-5H2,1-2H3,(H,15,16)(H2,14,18,19). The van der Waals surface area contributed by atoms with E-state index in [4.69, 9.17) is 16.7 Å². The van der Waals surface area contributed by atoms with Gasteiger partial charge in [0.2, 0.25) is 10.0 Å². The third-order valence-corrected chi connectivity index (χ3v) is 4.93. The van der Waals surface area contributed by atoms with Crippen LogP contribution in [0.5, 0.6) is 0 Å². The number of nitrogens with two attached hydrogens (primary N) is 1. The van der Waals surface area contributed by atoms with Gasteiger partial charge in [0.15, 0.2) is 0 Å². The first-order valence-electron chi connectivity index (χ1n) is 6.04. The minimum absolute atomic E-state index is 0.154. The van der Waals surface area contributed by atoms with Crippen molar-refractivity contribution in [2.75, 3.05) is 18.6 Å². The lowest BCUT2D eigenvalue weighted by atomic mass is 10.1. The molecule has 0 aliphatic carbocycles. The number of carbonyl (C=O) groups excluding carboxylic acids is 1. The molecule has 1 amide bonds. The van der Waals surface area contributed by atoms with Crippen molar-refractivity contribution in [3.63, 3.8) is 0 Å². The number of hydrogen-bond acceptors (Lipinski definition) is 4. The third kappa shape index (κ3) is 5.39. The van der Waals surface area contributed by atoms with Gasteiger partial charge in [0, 0.05) is 39.9 Å². The smallest absolute Gasteiger partial charge is 0.251 e. The SMILES string of the molecule is Cc1c(Cl)cc(S(N)(=O)=O)cc1C(=O)NCCCS(C)=O. The summed E-state index contributed by atoms with van der Waals surface area (Å²) in [6, 6.07) is 2.41. The van der Waals surface area contributed by atoms with Gasteiger partial charge in [-0.05, 0) is 31.0 Å². The Morgan fingerprint density at radius 2 is 2.05 bits per heavy atom. The summed E-state index contributed by atoms with van der Waals surface area (Å²) in [4.78, 5) is 11.9. The second-order valence-corrected chi connectivity index (χ2v) is 8.03. The normalized spacial score (nSPS) is 13.0. The maximum Gasteiger partial charge on any atom is 0.251 e. The van der Waals surface area contributed by atoms with Gasteiger partial charge in [-0.25, -0.2) is 13.6 Å². The number of benzene rings is 1. The molecule has 6 nitrogen and oxygen atoms in total. The fourth-order valence-electron chi connectivity index (χ4n) is 1.63. The summed E-state index contributed by atoms with van der Waals surface area (Å²) in [5.74, 6) is 0.0406. The molecule has 21 heavy (non-hydrogen) atoms. The average Bonchev–Trinajstić information content (AvgIpc) is 2.35. The second kappa shape index (κ2) is 7.35. The zero-order valence-electron chi connectivity index (χ0n) is 11.7. The molecule has 0 aliphatic heterocycles. The van der Waals surface area contributed by atoms with E-state index in [0.29, 0.717) is 24.3 Å². The molecule has 0 saturated heterocycles. The van der Waals surface area contributed by atoms with Crippen molar-refractivity contribution in [2.45, 2.75) is 18.2 Å². The highest BCUT2D eigenvalue weighted by atomic mass is 35.5. The minimum atomic E-state index is -3.94. The van der Waals surface area contributed by atoms with E-state index in [1.54, 1.807) is 13.2 Å². The Bertz CT molecular complexity index is 674. The number of nitrogens with one attached hydrogen (secondary N) is 1. The van der Waals surface area contributed by atoms with Crippen molar-refractivity contribution in [2.24, 2.45) is 5.14 Å². The number of primary sulfonamides is 1. The van der Waals surface area contributed by atoms with E-state index in [1.807, 2.05) is 0 Å². The van der Waals surface area contributed by atoms with Gasteiger partial charge in [0.05, 0.1) is 4.90 Å². The minimum Gasteiger partial charge on any atom is -0.352 e. The molecule has 1 unspecified atom stereocenters. The topological polar surface area (TPSA) is 106 Å². The van der Waals surface area contributed by atoms with Crippen LogP contribution in [0, 0.1) is 6.92 Å². The lowest BCUT2D eigenvalue weighted by Crippen LogP contribution is -2.26. The van der Waals surface area contributed by atoms with Crippen molar-refractivity contribution in [3.8, 4) is 0 Å². The van der Waals surface area contributed by atoms with Crippen LogP contribution in [0.3, 0.4) is 0 Å². The molecule has 3 N–H and O–H groups in total. The van der Waals surface area contributed by atoms with E-state index in [-0.39, 0.29) is 15.5 Å². The maximum atomic E-state index is 12.1. The van der Waals surface area contributed by atoms with Crippen LogP contribution in [0.1, 0.15) is 22.3 Å². The van der Waals surface area contributed by atoms with Crippen molar-refractivity contribution in [3.05, 3.63) is 28.3 Å². The zero-order chi connectivity index (χ0) is 16.2. The van der Waals surface area contributed by atoms with Crippen molar-refractivity contribution < 1.29 is 17.4 Å². The van der Waals surface area contributed by atoms with Gasteiger partial charge in [-0.2, -0.15) is 0 Å². The van der Waals surface area contributed by atoms with Crippen LogP contribution < -0.4 is 10.5 Å². The summed E-state index contributed by atoms with van der Waals surface area (Å²) in [5, 5.41) is 7.84. The van der Waals surface area contributed by atoms with E-state index in [2.05, 4.69) is 5.32 Å². The summed E-state index contributed by atoms with van der Waals surface area (Å²) >= 11 is 5.93. The number of amides is 1. The summed E-state index contributed by atoms with van der Waals surface area (Å²) in [6.45, 7) is 1.96. The molecule has 1 aromatic rings. The lowest BCUT2D eigenvalue weighted by molar-refractivity contribution is 0.0953. The Kier molecular flexibility index (Phi) is 6.33. The summed E-state index contributed by atoms with van der Waals surface area (Å²) in [7, 11) is -4.86. The molecule has 0 spiro atoms. The van der Waals surface area contributed by atoms with Gasteiger partial charge in [-0.1, -0.05) is 11.6 Å². The van der Waals surface area contributed by atoms with Crippen LogP contribution in [0.25, 0.3) is 0 Å². The maximum absolute atomic E-state index is 12.1. The van der Waals surface area contributed by atoms with E-state index in [1.165, 1.54) is 12.1 Å². The van der Waals surface area contributed by atoms with Crippen molar-refractivity contribution >= 4 is 38.3 Å². The van der Waals surface area contributed by atoms with E-state index >= 15 is 0 Å². The number of halogens is 1. The molecule has 118 valence electrons. The summed E-state index contributed by atoms with van der Waals surface area (Å²) in [6.07, 6.45) is 2.15. The number of sulfonamides is 1. The van der Waals surface area contributed by atoms with Gasteiger partial charge in [-0.15, -0.1) is 0 Å². The molecule has 0 aromatic heterocycles. The molecule has 1 aromatic carbocycles. The molecule has 0 heterocycles. The summed E-state index contributed by atoms with van der Waals surface area (Å²) in [5.41, 5.74) is 0.629. The van der Waals surface area contributed by atoms with Crippen molar-refractivity contribution in [1.29, 1.82) is 0 Å². The zero-order valence-corrected chi connectivity index (χ0v) is 14.1. The first-order chi connectivity index (χ1) is 9.62. The van der Waals surface area contributed by atoms with E-state index < -0.39 is 26.7 Å². The quantitative estimate of drug-likeness (QED) is 0.738. The molecule has 0 aliphatic rings. The lowest BCUT2D eigenvalue weighted by Gasteiger charge is -2.10. The molecule has 1 rings (SSSR count). The summed E-state index contributed by atoms with van der Waals surface area (Å²) < 4.78 is 33.6. The molecule has 1 atom stereocenters. The number of hydrogen-bond donors (Lipinski definition) is 2. The Labute approximate surface area is 131 Å². The predicted octanol–water partition coefficient (Wildman–Crippen LogP) is 0.794. The van der Waals surface area contributed by atoms with Crippen LogP contribution in [-0.4, -0.2) is 37.1 Å². The van der Waals surface area contributed by atoms with Gasteiger partial charge < -0.3 is 5.32 Å². The first kappa shape index (κ1) is 18.1. The van der Waals surface area contributed by atoms with Crippen LogP contribution >= 0.6 is 11.6 Å². The predicted molar refractivity (Wildman–Crippen MR) is 83.4 cm³/mol. The molecule has 0 fully saturated rings. The third-order valence-electron chi connectivity index (χ3n) is 2.79. The van der Waals surface area contributed by atoms with Gasteiger partial charge >= 0.3 is 0 Å². The van der Waals surface area contributed by atoms with Crippen LogP contribution in [0.4, 0.5) is 0 Å². The Morgan fingerprint density at radius 1 is 1.43 bits per heavy atom. The molecule has 0 saturated carbocycles. The Hall–Kier alpha value is -0.960. The average molecular weight is 353 g/mol. The molecular weight excluding hydrogens is 336 g/mol. The highest BCUT2D eigenvalue weighted by molar-refractivity contribution is 7.89. The molecule has 0 radical (unpaired) electrons. The Balaban J connectivity index is 2.93. The molecule has 9 heteroatoms. The first-order valence-corrected chi connectivity index (χ1v) is 9.69. The fraction of sp³-hybridized carbons (Fsp3) is 0.417. The van der Waals surface area contributed by atoms with Gasteiger partial charge in [0.1, 0.15) is 0 Å². The second-order valence-electron chi connectivity index (χ2n) is 4.51. The van der Waals surface area contributed by atoms with E-state index in [9.17, 15) is 17.4 Å². The van der Waals surface area contributed by atoms with Crippen LogP contribution in [-0.2, 0) is 20.8 Å². The highest BCUT2D eigenvalue weighted by Crippen LogP contribution is 2.23. The van der Waals surface area contributed by atoms with Crippen LogP contribution in [0.15, 0.2) is 17.0 Å². The number of rotatable bonds is 6. The van der Waals surface area contributed by atoms with Gasteiger partial charge in [-0.3, -0.25) is 9.00 Å². The fourth-order valence-corrected chi connectivity index (χ4v) is 3.03. The molecular formula is C12H17ClN2O4S2. The van der Waals surface area contributed by atoms with Gasteiger partial charge in [0.25, 0.3) is 5.91 Å². The number of carbonyl (C=O) groups is 1. The van der Waals surface area contributed by atoms with E-state index in [0.717, 1.165) is 0 Å².